The molecule has 0 aromatic carbocycles. The summed E-state index contributed by atoms with van der Waals surface area (Å²) in [6.07, 6.45) is 2.93. The van der Waals surface area contributed by atoms with Gasteiger partial charge >= 0.3 is 12.2 Å². The number of ether oxygens (including phenoxy) is 2. The first-order chi connectivity index (χ1) is 10.9. The summed E-state index contributed by atoms with van der Waals surface area (Å²) < 4.78 is 10.6. The Morgan fingerprint density at radius 1 is 0.875 bits per heavy atom. The van der Waals surface area contributed by atoms with Gasteiger partial charge in [-0.25, -0.2) is 9.59 Å². The van der Waals surface area contributed by atoms with E-state index in [2.05, 4.69) is 5.32 Å². The van der Waals surface area contributed by atoms with Crippen LogP contribution in [0.2, 0.25) is 0 Å². The SMILES string of the molecule is CCCN(CCCCCNC(=O)OC(C)(C)C)C(=O)OC(C)(C)C. The lowest BCUT2D eigenvalue weighted by atomic mass is 10.2. The van der Waals surface area contributed by atoms with Crippen molar-refractivity contribution in [2.75, 3.05) is 19.6 Å². The molecule has 6 heteroatoms. The Hall–Kier alpha value is -1.46. The van der Waals surface area contributed by atoms with Crippen molar-refractivity contribution < 1.29 is 19.1 Å². The molecule has 0 aromatic heterocycles. The number of alkyl carbamates (subject to hydrolysis) is 1. The van der Waals surface area contributed by atoms with Crippen LogP contribution in [0.5, 0.6) is 0 Å². The summed E-state index contributed by atoms with van der Waals surface area (Å²) in [4.78, 5) is 25.4. The molecule has 24 heavy (non-hydrogen) atoms. The molecule has 0 atom stereocenters. The quantitative estimate of drug-likeness (QED) is 0.666. The normalized spacial score (nSPS) is 11.8. The second-order valence-corrected chi connectivity index (χ2v) is 7.96. The van der Waals surface area contributed by atoms with Crippen molar-refractivity contribution in [1.29, 1.82) is 0 Å². The highest BCUT2D eigenvalue weighted by molar-refractivity contribution is 5.68. The van der Waals surface area contributed by atoms with E-state index in [0.29, 0.717) is 19.6 Å². The van der Waals surface area contributed by atoms with E-state index in [1.54, 1.807) is 4.90 Å². The Balaban J connectivity index is 3.97. The molecule has 0 saturated heterocycles. The molecule has 0 fully saturated rings. The number of hydrogen-bond acceptors (Lipinski definition) is 4. The van der Waals surface area contributed by atoms with Crippen LogP contribution >= 0.6 is 0 Å². The molecule has 0 aliphatic heterocycles. The van der Waals surface area contributed by atoms with E-state index in [1.165, 1.54) is 0 Å². The first-order valence-corrected chi connectivity index (χ1v) is 8.89. The number of nitrogens with one attached hydrogen (secondary N) is 1. The van der Waals surface area contributed by atoms with Crippen molar-refractivity contribution in [3.05, 3.63) is 0 Å². The van der Waals surface area contributed by atoms with Gasteiger partial charge in [0.2, 0.25) is 0 Å². The fraction of sp³-hybridized carbons (Fsp3) is 0.889. The van der Waals surface area contributed by atoms with Gasteiger partial charge in [-0.3, -0.25) is 0 Å². The zero-order valence-corrected chi connectivity index (χ0v) is 16.5. The number of amides is 2. The minimum atomic E-state index is -0.474. The Labute approximate surface area is 147 Å². The van der Waals surface area contributed by atoms with Crippen molar-refractivity contribution in [3.63, 3.8) is 0 Å². The van der Waals surface area contributed by atoms with Gasteiger partial charge in [-0.1, -0.05) is 6.92 Å². The van der Waals surface area contributed by atoms with E-state index in [0.717, 1.165) is 25.7 Å². The number of carbonyl (C=O) groups is 2. The van der Waals surface area contributed by atoms with Gasteiger partial charge in [0.05, 0.1) is 0 Å². The highest BCUT2D eigenvalue weighted by Crippen LogP contribution is 2.11. The molecule has 0 aliphatic carbocycles. The number of hydrogen-bond donors (Lipinski definition) is 1. The zero-order chi connectivity index (χ0) is 18.8. The molecule has 0 aromatic rings. The summed E-state index contributed by atoms with van der Waals surface area (Å²) in [6.45, 7) is 15.1. The van der Waals surface area contributed by atoms with Gasteiger partial charge in [0.25, 0.3) is 0 Å². The maximum absolute atomic E-state index is 12.1. The molecule has 0 unspecified atom stereocenters. The maximum Gasteiger partial charge on any atom is 0.410 e. The van der Waals surface area contributed by atoms with Crippen LogP contribution in [-0.2, 0) is 9.47 Å². The molecule has 0 aliphatic rings. The van der Waals surface area contributed by atoms with Crippen molar-refractivity contribution in [2.45, 2.75) is 85.4 Å². The lowest BCUT2D eigenvalue weighted by Gasteiger charge is -2.27. The first-order valence-electron chi connectivity index (χ1n) is 8.89. The van der Waals surface area contributed by atoms with E-state index in [4.69, 9.17) is 9.47 Å². The third kappa shape index (κ3) is 13.0. The second kappa shape index (κ2) is 10.4. The lowest BCUT2D eigenvalue weighted by molar-refractivity contribution is 0.0247. The van der Waals surface area contributed by atoms with E-state index in [9.17, 15) is 9.59 Å². The van der Waals surface area contributed by atoms with E-state index < -0.39 is 11.2 Å². The van der Waals surface area contributed by atoms with Crippen molar-refractivity contribution in [3.8, 4) is 0 Å². The van der Waals surface area contributed by atoms with Crippen molar-refractivity contribution >= 4 is 12.2 Å². The average Bonchev–Trinajstić information content (AvgIpc) is 2.37. The highest BCUT2D eigenvalue weighted by atomic mass is 16.6. The van der Waals surface area contributed by atoms with Crippen LogP contribution in [0, 0.1) is 0 Å². The predicted octanol–water partition coefficient (Wildman–Crippen LogP) is 4.33. The smallest absolute Gasteiger partial charge is 0.410 e. The number of unbranched alkanes of at least 4 members (excludes halogenated alkanes) is 2. The van der Waals surface area contributed by atoms with Crippen LogP contribution < -0.4 is 5.32 Å². The van der Waals surface area contributed by atoms with Crippen LogP contribution in [-0.4, -0.2) is 47.9 Å². The summed E-state index contributed by atoms with van der Waals surface area (Å²) in [5.41, 5.74) is -0.946. The lowest BCUT2D eigenvalue weighted by Crippen LogP contribution is -2.38. The van der Waals surface area contributed by atoms with Crippen LogP contribution in [0.15, 0.2) is 0 Å². The molecule has 0 radical (unpaired) electrons. The largest absolute Gasteiger partial charge is 0.444 e. The molecule has 0 saturated carbocycles. The molecule has 0 rings (SSSR count). The standard InChI is InChI=1S/C18H36N2O4/c1-8-13-20(16(22)24-18(5,6)7)14-11-9-10-12-19-15(21)23-17(2,3)4/h8-14H2,1-7H3,(H,19,21). The Kier molecular flexibility index (Phi) is 9.78. The van der Waals surface area contributed by atoms with Crippen LogP contribution in [0.3, 0.4) is 0 Å². The first kappa shape index (κ1) is 22.5. The van der Waals surface area contributed by atoms with E-state index >= 15 is 0 Å². The third-order valence-corrected chi connectivity index (χ3v) is 2.92. The number of carbonyl (C=O) groups excluding carboxylic acids is 2. The molecule has 142 valence electrons. The van der Waals surface area contributed by atoms with E-state index in [1.807, 2.05) is 48.5 Å². The minimum absolute atomic E-state index is 0.253. The summed E-state index contributed by atoms with van der Waals surface area (Å²) >= 11 is 0. The van der Waals surface area contributed by atoms with Crippen LogP contribution in [0.4, 0.5) is 9.59 Å². The van der Waals surface area contributed by atoms with Gasteiger partial charge in [-0.2, -0.15) is 0 Å². The second-order valence-electron chi connectivity index (χ2n) is 7.96. The zero-order valence-electron chi connectivity index (χ0n) is 16.5. The summed E-state index contributed by atoms with van der Waals surface area (Å²) in [5, 5.41) is 2.74. The molecule has 0 heterocycles. The fourth-order valence-corrected chi connectivity index (χ4v) is 2.00. The Morgan fingerprint density at radius 2 is 1.46 bits per heavy atom. The van der Waals surface area contributed by atoms with Crippen molar-refractivity contribution in [1.82, 2.24) is 10.2 Å². The average molecular weight is 344 g/mol. The predicted molar refractivity (Wildman–Crippen MR) is 96.2 cm³/mol. The van der Waals surface area contributed by atoms with Crippen LogP contribution in [0.25, 0.3) is 0 Å². The van der Waals surface area contributed by atoms with Gasteiger partial charge in [0, 0.05) is 19.6 Å². The number of nitrogens with zero attached hydrogens (tertiary/aromatic N) is 1. The van der Waals surface area contributed by atoms with Gasteiger partial charge in [-0.05, 0) is 67.2 Å². The molecule has 0 bridgehead atoms. The Bertz CT molecular complexity index is 383. The summed E-state index contributed by atoms with van der Waals surface area (Å²) in [7, 11) is 0. The van der Waals surface area contributed by atoms with Crippen LogP contribution in [0.1, 0.15) is 74.1 Å². The summed E-state index contributed by atoms with van der Waals surface area (Å²) in [6, 6.07) is 0. The van der Waals surface area contributed by atoms with Gasteiger partial charge in [0.1, 0.15) is 11.2 Å². The minimum Gasteiger partial charge on any atom is -0.444 e. The summed E-state index contributed by atoms with van der Waals surface area (Å²) in [5.74, 6) is 0. The van der Waals surface area contributed by atoms with Gasteiger partial charge < -0.3 is 19.7 Å². The van der Waals surface area contributed by atoms with Crippen molar-refractivity contribution in [2.24, 2.45) is 0 Å². The number of rotatable bonds is 8. The fourth-order valence-electron chi connectivity index (χ4n) is 2.00. The molecular formula is C18H36N2O4. The topological polar surface area (TPSA) is 67.9 Å². The maximum atomic E-state index is 12.1. The molecule has 2 amide bonds. The third-order valence-electron chi connectivity index (χ3n) is 2.92. The van der Waals surface area contributed by atoms with Gasteiger partial charge in [0.15, 0.2) is 0 Å². The Morgan fingerprint density at radius 3 is 1.96 bits per heavy atom. The molecule has 1 N–H and O–H groups in total. The van der Waals surface area contributed by atoms with E-state index in [-0.39, 0.29) is 12.2 Å². The van der Waals surface area contributed by atoms with Gasteiger partial charge in [-0.15, -0.1) is 0 Å². The monoisotopic (exact) mass is 344 g/mol. The molecule has 0 spiro atoms. The molecule has 6 nitrogen and oxygen atoms in total. The highest BCUT2D eigenvalue weighted by Gasteiger charge is 2.21. The molecular weight excluding hydrogens is 308 g/mol.